The van der Waals surface area contributed by atoms with Gasteiger partial charge >= 0.3 is 7.12 Å². The second kappa shape index (κ2) is 4.01. The summed E-state index contributed by atoms with van der Waals surface area (Å²) in [4.78, 5) is 0. The van der Waals surface area contributed by atoms with E-state index in [1.807, 2.05) is 24.3 Å². The van der Waals surface area contributed by atoms with Gasteiger partial charge in [0, 0.05) is 0 Å². The van der Waals surface area contributed by atoms with Crippen LogP contribution < -0.4 is 5.46 Å². The van der Waals surface area contributed by atoms with Crippen LogP contribution in [0.3, 0.4) is 0 Å². The maximum absolute atomic E-state index is 9.45. The highest BCUT2D eigenvalue weighted by Gasteiger charge is 2.11. The van der Waals surface area contributed by atoms with E-state index in [1.165, 1.54) is 0 Å². The van der Waals surface area contributed by atoms with Crippen LogP contribution in [0.5, 0.6) is 5.75 Å². The number of benzene rings is 3. The molecule has 0 aromatic heterocycles. The van der Waals surface area contributed by atoms with E-state index >= 15 is 0 Å². The Morgan fingerprint density at radius 1 is 0.722 bits per heavy atom. The fourth-order valence-electron chi connectivity index (χ4n) is 2.24. The van der Waals surface area contributed by atoms with Gasteiger partial charge < -0.3 is 15.2 Å². The summed E-state index contributed by atoms with van der Waals surface area (Å²) in [5, 5.41) is 31.7. The van der Waals surface area contributed by atoms with E-state index in [9.17, 15) is 5.11 Å². The van der Waals surface area contributed by atoms with Crippen molar-refractivity contribution >= 4 is 34.1 Å². The highest BCUT2D eigenvalue weighted by atomic mass is 16.4. The molecule has 3 N–H and O–H groups in total. The second-order valence-corrected chi connectivity index (χ2v) is 4.33. The third-order valence-electron chi connectivity index (χ3n) is 3.14. The molecule has 3 aromatic rings. The number of phenols is 1. The van der Waals surface area contributed by atoms with Crippen molar-refractivity contribution in [2.75, 3.05) is 0 Å². The molecule has 18 heavy (non-hydrogen) atoms. The van der Waals surface area contributed by atoms with Crippen LogP contribution >= 0.6 is 0 Å². The number of phenolic OH excluding ortho intramolecular Hbond substituents is 1. The summed E-state index contributed by atoms with van der Waals surface area (Å²) >= 11 is 0. The lowest BCUT2D eigenvalue weighted by Gasteiger charge is -2.06. The van der Waals surface area contributed by atoms with E-state index in [0.717, 1.165) is 21.5 Å². The summed E-state index contributed by atoms with van der Waals surface area (Å²) in [7, 11) is -1.45. The van der Waals surface area contributed by atoms with Crippen molar-refractivity contribution in [2.45, 2.75) is 0 Å². The maximum atomic E-state index is 9.45. The zero-order chi connectivity index (χ0) is 12.7. The molecule has 88 valence electrons. The molecule has 0 spiro atoms. The Bertz CT molecular complexity index is 738. The van der Waals surface area contributed by atoms with Crippen molar-refractivity contribution in [1.82, 2.24) is 0 Å². The SMILES string of the molecule is OB(O)c1ccc2c(ccc3cc(O)ccc32)c1. The maximum Gasteiger partial charge on any atom is 0.488 e. The zero-order valence-electron chi connectivity index (χ0n) is 9.54. The average molecular weight is 238 g/mol. The third kappa shape index (κ3) is 1.72. The van der Waals surface area contributed by atoms with E-state index in [0.29, 0.717) is 5.46 Å². The summed E-state index contributed by atoms with van der Waals surface area (Å²) in [6.07, 6.45) is 0. The first-order valence-electron chi connectivity index (χ1n) is 5.67. The number of aromatic hydroxyl groups is 1. The van der Waals surface area contributed by atoms with Gasteiger partial charge in [0.05, 0.1) is 0 Å². The van der Waals surface area contributed by atoms with E-state index < -0.39 is 7.12 Å². The van der Waals surface area contributed by atoms with Gasteiger partial charge in [0.25, 0.3) is 0 Å². The van der Waals surface area contributed by atoms with Gasteiger partial charge in [0.2, 0.25) is 0 Å². The number of hydrogen-bond acceptors (Lipinski definition) is 3. The Labute approximate surface area is 104 Å². The van der Waals surface area contributed by atoms with E-state index in [-0.39, 0.29) is 5.75 Å². The molecule has 0 fully saturated rings. The quantitative estimate of drug-likeness (QED) is 0.443. The van der Waals surface area contributed by atoms with Crippen LogP contribution in [-0.4, -0.2) is 22.3 Å². The summed E-state index contributed by atoms with van der Waals surface area (Å²) in [5.41, 5.74) is 0.473. The molecule has 3 nitrogen and oxygen atoms in total. The van der Waals surface area contributed by atoms with Crippen LogP contribution in [0.25, 0.3) is 21.5 Å². The highest BCUT2D eigenvalue weighted by Crippen LogP contribution is 2.27. The molecule has 4 heteroatoms. The van der Waals surface area contributed by atoms with Crippen molar-refractivity contribution < 1.29 is 15.2 Å². The van der Waals surface area contributed by atoms with Crippen molar-refractivity contribution in [3.63, 3.8) is 0 Å². The third-order valence-corrected chi connectivity index (χ3v) is 3.14. The largest absolute Gasteiger partial charge is 0.508 e. The Hall–Kier alpha value is -2.04. The molecule has 3 aromatic carbocycles. The normalized spacial score (nSPS) is 11.0. The summed E-state index contributed by atoms with van der Waals surface area (Å²) in [6, 6.07) is 14.4. The Morgan fingerprint density at radius 3 is 2.00 bits per heavy atom. The Kier molecular flexibility index (Phi) is 2.47. The molecule has 0 aliphatic heterocycles. The zero-order valence-corrected chi connectivity index (χ0v) is 9.54. The first kappa shape index (κ1) is 11.1. The van der Waals surface area contributed by atoms with Crippen LogP contribution in [0.2, 0.25) is 0 Å². The highest BCUT2D eigenvalue weighted by molar-refractivity contribution is 6.59. The van der Waals surface area contributed by atoms with Crippen LogP contribution in [0.1, 0.15) is 0 Å². The van der Waals surface area contributed by atoms with Crippen LogP contribution in [0.15, 0.2) is 48.5 Å². The van der Waals surface area contributed by atoms with Gasteiger partial charge in [-0.05, 0) is 39.1 Å². The van der Waals surface area contributed by atoms with E-state index in [2.05, 4.69) is 0 Å². The van der Waals surface area contributed by atoms with Crippen molar-refractivity contribution in [2.24, 2.45) is 0 Å². The first-order valence-corrected chi connectivity index (χ1v) is 5.67. The minimum absolute atomic E-state index is 0.240. The van der Waals surface area contributed by atoms with Gasteiger partial charge in [-0.2, -0.15) is 0 Å². The van der Waals surface area contributed by atoms with Crippen LogP contribution in [0.4, 0.5) is 0 Å². The molecular weight excluding hydrogens is 227 g/mol. The number of fused-ring (bicyclic) bond motifs is 3. The number of rotatable bonds is 1. The molecule has 0 radical (unpaired) electrons. The summed E-state index contributed by atoms with van der Waals surface area (Å²) < 4.78 is 0. The smallest absolute Gasteiger partial charge is 0.488 e. The molecule has 0 unspecified atom stereocenters. The molecule has 0 aliphatic carbocycles. The lowest BCUT2D eigenvalue weighted by atomic mass is 9.79. The van der Waals surface area contributed by atoms with Gasteiger partial charge in [-0.1, -0.05) is 36.4 Å². The molecule has 0 saturated carbocycles. The van der Waals surface area contributed by atoms with Gasteiger partial charge in [0.1, 0.15) is 5.75 Å². The topological polar surface area (TPSA) is 60.7 Å². The molecule has 0 bridgehead atoms. The standard InChI is InChI=1S/C14H11BO3/c16-12-4-6-14-10(8-12)2-1-9-7-11(15(17)18)3-5-13(9)14/h1-8,16-18H. The summed E-state index contributed by atoms with van der Waals surface area (Å²) in [5.74, 6) is 0.240. The Balaban J connectivity index is 2.35. The molecule has 0 amide bonds. The fraction of sp³-hybridized carbons (Fsp3) is 0. The van der Waals surface area contributed by atoms with E-state index in [4.69, 9.17) is 10.0 Å². The minimum Gasteiger partial charge on any atom is -0.508 e. The molecule has 0 saturated heterocycles. The lowest BCUT2D eigenvalue weighted by molar-refractivity contribution is 0.426. The lowest BCUT2D eigenvalue weighted by Crippen LogP contribution is -2.29. The van der Waals surface area contributed by atoms with Gasteiger partial charge in [-0.25, -0.2) is 0 Å². The van der Waals surface area contributed by atoms with Crippen molar-refractivity contribution in [3.8, 4) is 5.75 Å². The molecular formula is C14H11BO3. The van der Waals surface area contributed by atoms with Crippen LogP contribution in [0, 0.1) is 0 Å². The molecule has 0 heterocycles. The minimum atomic E-state index is -1.45. The predicted octanol–water partition coefficient (Wildman–Crippen LogP) is 1.38. The average Bonchev–Trinajstić information content (AvgIpc) is 2.37. The monoisotopic (exact) mass is 238 g/mol. The summed E-state index contributed by atoms with van der Waals surface area (Å²) in [6.45, 7) is 0. The van der Waals surface area contributed by atoms with Gasteiger partial charge in [-0.3, -0.25) is 0 Å². The molecule has 3 rings (SSSR count). The van der Waals surface area contributed by atoms with E-state index in [1.54, 1.807) is 24.3 Å². The predicted molar refractivity (Wildman–Crippen MR) is 72.9 cm³/mol. The van der Waals surface area contributed by atoms with Gasteiger partial charge in [-0.15, -0.1) is 0 Å². The fourth-order valence-corrected chi connectivity index (χ4v) is 2.24. The van der Waals surface area contributed by atoms with Crippen molar-refractivity contribution in [3.05, 3.63) is 48.5 Å². The van der Waals surface area contributed by atoms with Crippen molar-refractivity contribution in [1.29, 1.82) is 0 Å². The molecule has 0 aliphatic rings. The first-order chi connectivity index (χ1) is 8.65. The number of hydrogen-bond donors (Lipinski definition) is 3. The van der Waals surface area contributed by atoms with Crippen LogP contribution in [-0.2, 0) is 0 Å². The molecule has 0 atom stereocenters. The van der Waals surface area contributed by atoms with Gasteiger partial charge in [0.15, 0.2) is 0 Å². The second-order valence-electron chi connectivity index (χ2n) is 4.33. The Morgan fingerprint density at radius 2 is 1.33 bits per heavy atom.